The maximum atomic E-state index is 4.93. The van der Waals surface area contributed by atoms with Crippen LogP contribution in [-0.4, -0.2) is 0 Å². The minimum atomic E-state index is -0.826. The van der Waals surface area contributed by atoms with Crippen molar-refractivity contribution in [3.05, 3.63) is 63.2 Å². The second-order valence-electron chi connectivity index (χ2n) is 9.53. The van der Waals surface area contributed by atoms with E-state index in [0.29, 0.717) is 10.8 Å². The molecule has 0 unspecified atom stereocenters. The van der Waals surface area contributed by atoms with E-state index in [-0.39, 0.29) is 0 Å². The fraction of sp³-hybridized carbons (Fsp3) is 0.615. The Hall–Kier alpha value is 1.46. The molecule has 0 N–H and O–H groups in total. The van der Waals surface area contributed by atoms with Gasteiger partial charge in [-0.15, -0.1) is 0 Å². The molecule has 3 heteroatoms. The molecular weight excluding hydrogens is 474 g/mol. The van der Waals surface area contributed by atoms with Crippen LogP contribution in [0, 0.1) is 85.9 Å². The Balaban J connectivity index is 0.000000645. The molecule has 5 aliphatic rings. The molecule has 5 fully saturated rings. The van der Waals surface area contributed by atoms with Crippen LogP contribution in [0.5, 0.6) is 0 Å². The van der Waals surface area contributed by atoms with E-state index in [1.165, 1.54) is 77.0 Å². The van der Waals surface area contributed by atoms with E-state index >= 15 is 0 Å². The van der Waals surface area contributed by atoms with Crippen molar-refractivity contribution in [3.8, 4) is 0 Å². The van der Waals surface area contributed by atoms with E-state index in [0.717, 1.165) is 11.8 Å². The SMILES string of the molecule is [CH]1[CH][CH][C]([C@]2(C3CCCCC3)CC[C@@]2([C]2[CH][CH][CH][CH]2)C2CCCCC2)[CH]1.[Cl][Zr][Cl]. The molecule has 0 aromatic carbocycles. The van der Waals surface area contributed by atoms with Crippen molar-refractivity contribution in [1.29, 1.82) is 0 Å². The maximum absolute atomic E-state index is 4.93. The van der Waals surface area contributed by atoms with Crippen LogP contribution in [0.25, 0.3) is 0 Å². The Kier molecular flexibility index (Phi) is 9.00. The average Bonchev–Trinajstić information content (AvgIpc) is 3.46. The van der Waals surface area contributed by atoms with Crippen LogP contribution >= 0.6 is 17.0 Å². The van der Waals surface area contributed by atoms with E-state index in [9.17, 15) is 0 Å². The number of halogens is 2. The predicted molar refractivity (Wildman–Crippen MR) is 120 cm³/mol. The minimum absolute atomic E-state index is 0.410. The van der Waals surface area contributed by atoms with E-state index in [2.05, 4.69) is 51.4 Å². The van der Waals surface area contributed by atoms with Gasteiger partial charge in [-0.3, -0.25) is 0 Å². The van der Waals surface area contributed by atoms with Crippen LogP contribution in [0.15, 0.2) is 0 Å². The molecule has 0 bridgehead atoms. The number of rotatable bonds is 4. The van der Waals surface area contributed by atoms with Crippen LogP contribution in [0.3, 0.4) is 0 Å². The Morgan fingerprint density at radius 1 is 0.586 bits per heavy atom. The molecule has 5 aliphatic carbocycles. The van der Waals surface area contributed by atoms with Gasteiger partial charge in [-0.2, -0.15) is 0 Å². The summed E-state index contributed by atoms with van der Waals surface area (Å²) in [4.78, 5) is 0. The Morgan fingerprint density at radius 2 is 0.897 bits per heavy atom. The Bertz CT molecular complexity index is 443. The summed E-state index contributed by atoms with van der Waals surface area (Å²) < 4.78 is 0. The molecule has 0 heterocycles. The van der Waals surface area contributed by atoms with Gasteiger partial charge in [0.2, 0.25) is 0 Å². The van der Waals surface area contributed by atoms with Crippen molar-refractivity contribution in [2.45, 2.75) is 77.0 Å². The van der Waals surface area contributed by atoms with E-state index < -0.39 is 20.8 Å². The van der Waals surface area contributed by atoms with Crippen molar-refractivity contribution in [2.24, 2.45) is 22.7 Å². The number of hydrogen-bond donors (Lipinski definition) is 0. The molecule has 10 radical (unpaired) electrons. The first-order valence-electron chi connectivity index (χ1n) is 11.7. The average molecular weight is 509 g/mol. The third kappa shape index (κ3) is 4.35. The standard InChI is InChI=1S/C26H34.2ClH.Zr/c1-3-11-21(12-4-1)25(23-15-7-8-16-23)19-20-26(25,24-17-9-10-18-24)22-13-5-2-6-14-22;;;/h7-10,15-18,21-22H,1-6,11-14,19-20H2;2*1H;/q;;;+2/p-2/t25-,26+;;;. The van der Waals surface area contributed by atoms with Gasteiger partial charge in [-0.1, -0.05) is 38.5 Å². The van der Waals surface area contributed by atoms with Crippen LogP contribution in [0.4, 0.5) is 0 Å². The summed E-state index contributed by atoms with van der Waals surface area (Å²) in [6.45, 7) is 0. The van der Waals surface area contributed by atoms with Gasteiger partial charge in [0, 0.05) is 0 Å². The van der Waals surface area contributed by atoms with Crippen molar-refractivity contribution in [3.63, 3.8) is 0 Å². The van der Waals surface area contributed by atoms with Crippen molar-refractivity contribution in [2.75, 3.05) is 0 Å². The molecule has 29 heavy (non-hydrogen) atoms. The molecule has 0 aromatic rings. The fourth-order valence-electron chi connectivity index (χ4n) is 7.61. The van der Waals surface area contributed by atoms with Gasteiger partial charge in [-0.25, -0.2) is 0 Å². The summed E-state index contributed by atoms with van der Waals surface area (Å²) in [6, 6.07) is 0. The molecule has 5 saturated carbocycles. The van der Waals surface area contributed by atoms with Gasteiger partial charge in [0.05, 0.1) is 0 Å². The van der Waals surface area contributed by atoms with Gasteiger partial charge in [0.15, 0.2) is 0 Å². The zero-order chi connectivity index (χ0) is 20.2. The summed E-state index contributed by atoms with van der Waals surface area (Å²) in [5.41, 5.74) is 0.820. The van der Waals surface area contributed by atoms with Crippen molar-refractivity contribution < 1.29 is 20.8 Å². The van der Waals surface area contributed by atoms with Crippen molar-refractivity contribution in [1.82, 2.24) is 0 Å². The van der Waals surface area contributed by atoms with E-state index in [1.807, 2.05) is 0 Å². The zero-order valence-corrected chi connectivity index (χ0v) is 21.5. The van der Waals surface area contributed by atoms with E-state index in [1.54, 1.807) is 11.8 Å². The van der Waals surface area contributed by atoms with Gasteiger partial charge in [-0.05, 0) is 124 Å². The van der Waals surface area contributed by atoms with Crippen LogP contribution in [0.2, 0.25) is 0 Å². The molecule has 0 nitrogen and oxygen atoms in total. The molecule has 0 aromatic heterocycles. The fourth-order valence-corrected chi connectivity index (χ4v) is 7.61. The summed E-state index contributed by atoms with van der Waals surface area (Å²) in [6.07, 6.45) is 36.5. The quantitative estimate of drug-likeness (QED) is 0.360. The second kappa shape index (κ2) is 11.1. The van der Waals surface area contributed by atoms with Gasteiger partial charge >= 0.3 is 37.9 Å². The molecule has 0 saturated heterocycles. The summed E-state index contributed by atoms with van der Waals surface area (Å²) in [5.74, 6) is 5.15. The van der Waals surface area contributed by atoms with Crippen LogP contribution in [-0.2, 0) is 20.8 Å². The topological polar surface area (TPSA) is 0 Å². The zero-order valence-electron chi connectivity index (χ0n) is 17.5. The Labute approximate surface area is 199 Å². The van der Waals surface area contributed by atoms with Crippen LogP contribution in [0.1, 0.15) is 77.0 Å². The molecular formula is C26H34Cl2Zr. The first kappa shape index (κ1) is 23.6. The van der Waals surface area contributed by atoms with Crippen LogP contribution < -0.4 is 0 Å². The van der Waals surface area contributed by atoms with Gasteiger partial charge in [0.25, 0.3) is 0 Å². The molecule has 156 valence electrons. The van der Waals surface area contributed by atoms with E-state index in [4.69, 9.17) is 17.0 Å². The Morgan fingerprint density at radius 3 is 1.17 bits per heavy atom. The third-order valence-electron chi connectivity index (χ3n) is 8.67. The molecule has 2 atom stereocenters. The molecule has 5 rings (SSSR count). The summed E-state index contributed by atoms with van der Waals surface area (Å²) in [5, 5.41) is 0. The molecule has 0 spiro atoms. The first-order chi connectivity index (χ1) is 14.3. The number of hydrogen-bond acceptors (Lipinski definition) is 0. The molecule has 0 amide bonds. The second-order valence-corrected chi connectivity index (χ2v) is 13.3. The van der Waals surface area contributed by atoms with Gasteiger partial charge in [0.1, 0.15) is 0 Å². The summed E-state index contributed by atoms with van der Waals surface area (Å²) >= 11 is -0.826. The third-order valence-corrected chi connectivity index (χ3v) is 8.67. The van der Waals surface area contributed by atoms with Gasteiger partial charge < -0.3 is 0 Å². The summed E-state index contributed by atoms with van der Waals surface area (Å²) in [7, 11) is 9.87. The molecule has 0 aliphatic heterocycles. The normalized spacial score (nSPS) is 37.7. The first-order valence-corrected chi connectivity index (χ1v) is 18.0. The van der Waals surface area contributed by atoms with Crippen molar-refractivity contribution >= 4 is 17.0 Å². The predicted octanol–water partition coefficient (Wildman–Crippen LogP) is 8.10. The monoisotopic (exact) mass is 506 g/mol.